The van der Waals surface area contributed by atoms with Gasteiger partial charge in [0, 0.05) is 14.1 Å². The van der Waals surface area contributed by atoms with Crippen LogP contribution in [0.2, 0.25) is 5.02 Å². The van der Waals surface area contributed by atoms with Gasteiger partial charge in [-0.05, 0) is 23.7 Å². The van der Waals surface area contributed by atoms with Crippen LogP contribution in [0.25, 0.3) is 10.1 Å². The number of rotatable bonds is 1. The third-order valence-electron chi connectivity index (χ3n) is 1.85. The maximum atomic E-state index is 6.09. The second kappa shape index (κ2) is 3.16. The molecular weight excluding hydrogens is 204 g/mol. The van der Waals surface area contributed by atoms with Gasteiger partial charge in [-0.25, -0.2) is 0 Å². The molecule has 0 spiro atoms. The number of anilines is 1. The molecule has 68 valence electrons. The number of hydrogen-bond acceptors (Lipinski definition) is 3. The number of nitrogens with zero attached hydrogens (tertiary/aromatic N) is 2. The first-order valence-electron chi connectivity index (χ1n) is 3.91. The fourth-order valence-corrected chi connectivity index (χ4v) is 2.43. The van der Waals surface area contributed by atoms with Gasteiger partial charge in [0.25, 0.3) is 0 Å². The van der Waals surface area contributed by atoms with Crippen LogP contribution in [0.4, 0.5) is 5.82 Å². The van der Waals surface area contributed by atoms with Crippen molar-refractivity contribution in [3.8, 4) is 0 Å². The van der Waals surface area contributed by atoms with E-state index in [9.17, 15) is 0 Å². The maximum Gasteiger partial charge on any atom is 0.151 e. The average molecular weight is 213 g/mol. The number of halogens is 1. The highest BCUT2D eigenvalue weighted by Gasteiger charge is 2.10. The van der Waals surface area contributed by atoms with Gasteiger partial charge < -0.3 is 4.90 Å². The van der Waals surface area contributed by atoms with E-state index in [1.165, 1.54) is 11.5 Å². The smallest absolute Gasteiger partial charge is 0.151 e. The summed E-state index contributed by atoms with van der Waals surface area (Å²) in [6, 6.07) is 5.87. The molecule has 0 saturated carbocycles. The fraction of sp³-hybridized carbons (Fsp3) is 0.222. The van der Waals surface area contributed by atoms with Crippen LogP contribution in [0.5, 0.6) is 0 Å². The second-order valence-corrected chi connectivity index (χ2v) is 4.23. The molecule has 0 saturated heterocycles. The summed E-state index contributed by atoms with van der Waals surface area (Å²) >= 11 is 7.57. The van der Waals surface area contributed by atoms with E-state index in [4.69, 9.17) is 11.6 Å². The SMILES string of the molecule is CN(C)c1nsc2cccc(Cl)c12. The Balaban J connectivity index is 2.79. The molecule has 2 aromatic rings. The van der Waals surface area contributed by atoms with E-state index >= 15 is 0 Å². The van der Waals surface area contributed by atoms with Crippen LogP contribution in [0.3, 0.4) is 0 Å². The molecular formula is C9H9ClN2S. The summed E-state index contributed by atoms with van der Waals surface area (Å²) in [6.07, 6.45) is 0. The molecule has 1 aromatic carbocycles. The Morgan fingerprint density at radius 2 is 2.15 bits per heavy atom. The third kappa shape index (κ3) is 1.38. The predicted molar refractivity (Wildman–Crippen MR) is 59.0 cm³/mol. The van der Waals surface area contributed by atoms with Crippen molar-refractivity contribution in [1.29, 1.82) is 0 Å². The van der Waals surface area contributed by atoms with Crippen molar-refractivity contribution in [2.75, 3.05) is 19.0 Å². The highest BCUT2D eigenvalue weighted by atomic mass is 35.5. The second-order valence-electron chi connectivity index (χ2n) is 3.01. The van der Waals surface area contributed by atoms with Crippen molar-refractivity contribution in [2.24, 2.45) is 0 Å². The molecule has 13 heavy (non-hydrogen) atoms. The molecule has 0 fully saturated rings. The van der Waals surface area contributed by atoms with Gasteiger partial charge in [-0.1, -0.05) is 17.7 Å². The average Bonchev–Trinajstić information content (AvgIpc) is 2.49. The summed E-state index contributed by atoms with van der Waals surface area (Å²) < 4.78 is 5.47. The Morgan fingerprint density at radius 1 is 1.38 bits per heavy atom. The summed E-state index contributed by atoms with van der Waals surface area (Å²) in [5.74, 6) is 0.950. The minimum atomic E-state index is 0.773. The molecule has 1 heterocycles. The Bertz CT molecular complexity index is 436. The van der Waals surface area contributed by atoms with Gasteiger partial charge in [-0.3, -0.25) is 0 Å². The van der Waals surface area contributed by atoms with Crippen molar-refractivity contribution in [1.82, 2.24) is 4.37 Å². The zero-order valence-corrected chi connectivity index (χ0v) is 8.99. The zero-order valence-electron chi connectivity index (χ0n) is 7.41. The minimum Gasteiger partial charge on any atom is -0.361 e. The van der Waals surface area contributed by atoms with E-state index in [1.54, 1.807) is 0 Å². The van der Waals surface area contributed by atoms with Gasteiger partial charge in [0.15, 0.2) is 5.82 Å². The van der Waals surface area contributed by atoms with Gasteiger partial charge in [0.1, 0.15) is 0 Å². The van der Waals surface area contributed by atoms with E-state index in [0.29, 0.717) is 0 Å². The molecule has 2 rings (SSSR count). The predicted octanol–water partition coefficient (Wildman–Crippen LogP) is 3.02. The van der Waals surface area contributed by atoms with Crippen LogP contribution in [0, 0.1) is 0 Å². The third-order valence-corrected chi connectivity index (χ3v) is 2.97. The highest BCUT2D eigenvalue weighted by Crippen LogP contribution is 2.33. The lowest BCUT2D eigenvalue weighted by Gasteiger charge is -2.08. The Hall–Kier alpha value is -0.800. The molecule has 4 heteroatoms. The van der Waals surface area contributed by atoms with Gasteiger partial charge in [-0.15, -0.1) is 0 Å². The van der Waals surface area contributed by atoms with Crippen LogP contribution in [0.15, 0.2) is 18.2 Å². The zero-order chi connectivity index (χ0) is 9.42. The molecule has 0 radical (unpaired) electrons. The van der Waals surface area contributed by atoms with Crippen molar-refractivity contribution >= 4 is 39.0 Å². The van der Waals surface area contributed by atoms with Crippen molar-refractivity contribution in [2.45, 2.75) is 0 Å². The molecule has 0 N–H and O–H groups in total. The minimum absolute atomic E-state index is 0.773. The van der Waals surface area contributed by atoms with E-state index in [-0.39, 0.29) is 0 Å². The molecule has 0 bridgehead atoms. The largest absolute Gasteiger partial charge is 0.361 e. The number of hydrogen-bond donors (Lipinski definition) is 0. The lowest BCUT2D eigenvalue weighted by molar-refractivity contribution is 1.11. The van der Waals surface area contributed by atoms with E-state index in [2.05, 4.69) is 4.37 Å². The van der Waals surface area contributed by atoms with Crippen molar-refractivity contribution in [3.05, 3.63) is 23.2 Å². The van der Waals surface area contributed by atoms with E-state index in [0.717, 1.165) is 20.9 Å². The first-order chi connectivity index (χ1) is 6.20. The first kappa shape index (κ1) is 8.78. The molecule has 1 aromatic heterocycles. The first-order valence-corrected chi connectivity index (χ1v) is 5.06. The van der Waals surface area contributed by atoms with Gasteiger partial charge in [-0.2, -0.15) is 4.37 Å². The van der Waals surface area contributed by atoms with Gasteiger partial charge >= 0.3 is 0 Å². The molecule has 0 unspecified atom stereocenters. The summed E-state index contributed by atoms with van der Waals surface area (Å²) in [5.41, 5.74) is 0. The monoisotopic (exact) mass is 212 g/mol. The lowest BCUT2D eigenvalue weighted by atomic mass is 10.2. The van der Waals surface area contributed by atoms with E-state index < -0.39 is 0 Å². The van der Waals surface area contributed by atoms with Crippen LogP contribution < -0.4 is 4.90 Å². The maximum absolute atomic E-state index is 6.09. The van der Waals surface area contributed by atoms with Crippen LogP contribution >= 0.6 is 23.1 Å². The van der Waals surface area contributed by atoms with Crippen molar-refractivity contribution < 1.29 is 0 Å². The topological polar surface area (TPSA) is 16.1 Å². The van der Waals surface area contributed by atoms with Crippen LogP contribution in [-0.4, -0.2) is 18.5 Å². The Morgan fingerprint density at radius 3 is 2.85 bits per heavy atom. The summed E-state index contributed by atoms with van der Waals surface area (Å²) in [6.45, 7) is 0. The highest BCUT2D eigenvalue weighted by molar-refractivity contribution is 7.13. The van der Waals surface area contributed by atoms with Crippen LogP contribution in [-0.2, 0) is 0 Å². The molecule has 0 aliphatic rings. The van der Waals surface area contributed by atoms with Gasteiger partial charge in [0.05, 0.1) is 15.1 Å². The van der Waals surface area contributed by atoms with E-state index in [1.807, 2.05) is 37.2 Å². The summed E-state index contributed by atoms with van der Waals surface area (Å²) in [4.78, 5) is 1.98. The summed E-state index contributed by atoms with van der Waals surface area (Å²) in [7, 11) is 3.94. The molecule has 0 amide bonds. The molecule has 0 aliphatic carbocycles. The molecule has 0 atom stereocenters. The molecule has 2 nitrogen and oxygen atoms in total. The number of fused-ring (bicyclic) bond motifs is 1. The number of aromatic nitrogens is 1. The van der Waals surface area contributed by atoms with Crippen LogP contribution in [0.1, 0.15) is 0 Å². The fourth-order valence-electron chi connectivity index (χ4n) is 1.24. The van der Waals surface area contributed by atoms with Crippen molar-refractivity contribution in [3.63, 3.8) is 0 Å². The van der Waals surface area contributed by atoms with Gasteiger partial charge in [0.2, 0.25) is 0 Å². The summed E-state index contributed by atoms with van der Waals surface area (Å²) in [5, 5.41) is 1.83. The lowest BCUT2D eigenvalue weighted by Crippen LogP contribution is -2.08. The standard InChI is InChI=1S/C9H9ClN2S/c1-12(2)9-8-6(10)4-3-5-7(8)13-11-9/h3-5H,1-2H3. The quantitative estimate of drug-likeness (QED) is 0.723. The Labute approximate surface area is 85.9 Å². The Kier molecular flexibility index (Phi) is 2.14. The normalized spacial score (nSPS) is 10.7. The molecule has 0 aliphatic heterocycles. The number of benzene rings is 1.